The second-order valence-corrected chi connectivity index (χ2v) is 8.04. The Bertz CT molecular complexity index is 775. The van der Waals surface area contributed by atoms with E-state index in [2.05, 4.69) is 21.5 Å². The van der Waals surface area contributed by atoms with Crippen LogP contribution in [0.4, 0.5) is 11.8 Å². The number of piperidine rings is 1. The fourth-order valence-corrected chi connectivity index (χ4v) is 4.14. The zero-order valence-electron chi connectivity index (χ0n) is 16.8. The third kappa shape index (κ3) is 4.08. The second kappa shape index (κ2) is 7.84. The summed E-state index contributed by atoms with van der Waals surface area (Å²) in [5.74, 6) is 2.04. The molecule has 4 rings (SSSR count). The van der Waals surface area contributed by atoms with E-state index in [1.807, 2.05) is 36.9 Å². The number of aryl methyl sites for hydroxylation is 2. The summed E-state index contributed by atoms with van der Waals surface area (Å²) in [5, 5.41) is 7.94. The molecule has 0 saturated carbocycles. The van der Waals surface area contributed by atoms with Crippen LogP contribution in [0.5, 0.6) is 0 Å². The standard InChI is InChI=1S/C20H31N7/c1-25(2)20-23-18-7-5-4-6-17(18)19(24-20)27-10-8-16(9-11-27)21-12-15-13-22-26(3)14-15/h13-14,16,21H,4-12H2,1-3H3. The lowest BCUT2D eigenvalue weighted by atomic mass is 9.95. The first-order chi connectivity index (χ1) is 13.1. The van der Waals surface area contributed by atoms with Crippen LogP contribution < -0.4 is 15.1 Å². The van der Waals surface area contributed by atoms with Gasteiger partial charge in [-0.25, -0.2) is 4.98 Å². The Morgan fingerprint density at radius 1 is 1.15 bits per heavy atom. The molecule has 0 unspecified atom stereocenters. The summed E-state index contributed by atoms with van der Waals surface area (Å²) in [4.78, 5) is 14.3. The van der Waals surface area contributed by atoms with Crippen LogP contribution in [-0.2, 0) is 26.4 Å². The van der Waals surface area contributed by atoms with E-state index in [9.17, 15) is 0 Å². The molecule has 146 valence electrons. The lowest BCUT2D eigenvalue weighted by molar-refractivity contribution is 0.412. The number of hydrogen-bond acceptors (Lipinski definition) is 6. The first-order valence-electron chi connectivity index (χ1n) is 10.1. The van der Waals surface area contributed by atoms with Crippen LogP contribution in [0.3, 0.4) is 0 Å². The molecule has 0 aromatic carbocycles. The summed E-state index contributed by atoms with van der Waals surface area (Å²) in [6, 6.07) is 0.562. The Balaban J connectivity index is 1.42. The monoisotopic (exact) mass is 369 g/mol. The molecule has 1 fully saturated rings. The molecule has 1 aliphatic carbocycles. The van der Waals surface area contributed by atoms with E-state index in [1.54, 1.807) is 0 Å². The van der Waals surface area contributed by atoms with Crippen molar-refractivity contribution < 1.29 is 0 Å². The van der Waals surface area contributed by atoms with E-state index in [4.69, 9.17) is 9.97 Å². The molecular weight excluding hydrogens is 338 g/mol. The summed E-state index contributed by atoms with van der Waals surface area (Å²) in [6.07, 6.45) is 11.0. The Morgan fingerprint density at radius 2 is 1.93 bits per heavy atom. The Hall–Kier alpha value is -2.15. The zero-order valence-corrected chi connectivity index (χ0v) is 16.8. The van der Waals surface area contributed by atoms with Crippen molar-refractivity contribution in [3.63, 3.8) is 0 Å². The number of aromatic nitrogens is 4. The van der Waals surface area contributed by atoms with E-state index < -0.39 is 0 Å². The molecule has 0 spiro atoms. The van der Waals surface area contributed by atoms with E-state index in [0.29, 0.717) is 6.04 Å². The maximum absolute atomic E-state index is 4.94. The van der Waals surface area contributed by atoms with E-state index in [0.717, 1.165) is 51.3 Å². The van der Waals surface area contributed by atoms with Crippen LogP contribution >= 0.6 is 0 Å². The maximum Gasteiger partial charge on any atom is 0.227 e. The van der Waals surface area contributed by atoms with Crippen molar-refractivity contribution in [1.29, 1.82) is 0 Å². The molecule has 0 radical (unpaired) electrons. The fraction of sp³-hybridized carbons (Fsp3) is 0.650. The van der Waals surface area contributed by atoms with Crippen molar-refractivity contribution in [2.45, 2.75) is 51.1 Å². The molecule has 2 aromatic heterocycles. The van der Waals surface area contributed by atoms with Crippen molar-refractivity contribution >= 4 is 11.8 Å². The number of rotatable bonds is 5. The van der Waals surface area contributed by atoms with Crippen LogP contribution in [-0.4, -0.2) is 53.0 Å². The van der Waals surface area contributed by atoms with Crippen LogP contribution in [0, 0.1) is 0 Å². The highest BCUT2D eigenvalue weighted by Crippen LogP contribution is 2.31. The summed E-state index contributed by atoms with van der Waals surface area (Å²) in [6.45, 7) is 3.01. The van der Waals surface area contributed by atoms with Crippen molar-refractivity contribution in [1.82, 2.24) is 25.1 Å². The van der Waals surface area contributed by atoms with Gasteiger partial charge in [0.05, 0.1) is 11.9 Å². The Labute approximate surface area is 161 Å². The van der Waals surface area contributed by atoms with E-state index >= 15 is 0 Å². The summed E-state index contributed by atoms with van der Waals surface area (Å²) >= 11 is 0. The first-order valence-corrected chi connectivity index (χ1v) is 10.1. The largest absolute Gasteiger partial charge is 0.356 e. The number of nitrogens with zero attached hydrogens (tertiary/aromatic N) is 6. The average molecular weight is 370 g/mol. The van der Waals surface area contributed by atoms with Gasteiger partial charge in [-0.2, -0.15) is 10.1 Å². The van der Waals surface area contributed by atoms with Gasteiger partial charge in [-0.3, -0.25) is 4.68 Å². The van der Waals surface area contributed by atoms with Gasteiger partial charge < -0.3 is 15.1 Å². The predicted octanol–water partition coefficient (Wildman–Crippen LogP) is 1.91. The SMILES string of the molecule is CN(C)c1nc2c(c(N3CCC(NCc4cnn(C)c4)CC3)n1)CCCC2. The minimum atomic E-state index is 0.562. The third-order valence-electron chi connectivity index (χ3n) is 5.70. The highest BCUT2D eigenvalue weighted by molar-refractivity contribution is 5.54. The smallest absolute Gasteiger partial charge is 0.227 e. The van der Waals surface area contributed by atoms with Gasteiger partial charge in [0.15, 0.2) is 0 Å². The molecule has 3 heterocycles. The summed E-state index contributed by atoms with van der Waals surface area (Å²) < 4.78 is 1.86. The zero-order chi connectivity index (χ0) is 18.8. The Morgan fingerprint density at radius 3 is 2.63 bits per heavy atom. The third-order valence-corrected chi connectivity index (χ3v) is 5.70. The van der Waals surface area contributed by atoms with Gasteiger partial charge in [-0.1, -0.05) is 0 Å². The van der Waals surface area contributed by atoms with Gasteiger partial charge in [0.1, 0.15) is 5.82 Å². The molecule has 1 aliphatic heterocycles. The van der Waals surface area contributed by atoms with Gasteiger partial charge in [0, 0.05) is 64.1 Å². The number of anilines is 2. The molecule has 0 amide bonds. The Kier molecular flexibility index (Phi) is 5.29. The van der Waals surface area contributed by atoms with E-state index in [1.165, 1.54) is 35.5 Å². The molecule has 0 bridgehead atoms. The van der Waals surface area contributed by atoms with Gasteiger partial charge in [0.25, 0.3) is 0 Å². The van der Waals surface area contributed by atoms with Crippen molar-refractivity contribution in [3.05, 3.63) is 29.2 Å². The van der Waals surface area contributed by atoms with Crippen LogP contribution in [0.25, 0.3) is 0 Å². The molecule has 7 heteroatoms. The molecule has 7 nitrogen and oxygen atoms in total. The highest BCUT2D eigenvalue weighted by Gasteiger charge is 2.26. The minimum absolute atomic E-state index is 0.562. The molecule has 2 aromatic rings. The van der Waals surface area contributed by atoms with Crippen LogP contribution in [0.15, 0.2) is 12.4 Å². The van der Waals surface area contributed by atoms with E-state index in [-0.39, 0.29) is 0 Å². The molecule has 27 heavy (non-hydrogen) atoms. The fourth-order valence-electron chi connectivity index (χ4n) is 4.14. The lowest BCUT2D eigenvalue weighted by Crippen LogP contribution is -2.43. The summed E-state index contributed by atoms with van der Waals surface area (Å²) in [7, 11) is 6.03. The van der Waals surface area contributed by atoms with Crippen LogP contribution in [0.1, 0.15) is 42.5 Å². The lowest BCUT2D eigenvalue weighted by Gasteiger charge is -2.35. The molecule has 0 atom stereocenters. The summed E-state index contributed by atoms with van der Waals surface area (Å²) in [5.41, 5.74) is 3.92. The molecule has 2 aliphatic rings. The van der Waals surface area contributed by atoms with Crippen molar-refractivity contribution in [2.75, 3.05) is 37.0 Å². The topological polar surface area (TPSA) is 62.1 Å². The first kappa shape index (κ1) is 18.2. The normalized spacial score (nSPS) is 17.8. The van der Waals surface area contributed by atoms with Gasteiger partial charge in [-0.05, 0) is 38.5 Å². The second-order valence-electron chi connectivity index (χ2n) is 8.04. The maximum atomic E-state index is 4.94. The van der Waals surface area contributed by atoms with Crippen molar-refractivity contribution in [3.8, 4) is 0 Å². The van der Waals surface area contributed by atoms with Crippen LogP contribution in [0.2, 0.25) is 0 Å². The molecular formula is C20H31N7. The predicted molar refractivity (Wildman–Crippen MR) is 108 cm³/mol. The molecule has 1 N–H and O–H groups in total. The number of hydrogen-bond donors (Lipinski definition) is 1. The van der Waals surface area contributed by atoms with Gasteiger partial charge in [-0.15, -0.1) is 0 Å². The van der Waals surface area contributed by atoms with Crippen molar-refractivity contribution in [2.24, 2.45) is 7.05 Å². The van der Waals surface area contributed by atoms with Gasteiger partial charge in [0.2, 0.25) is 5.95 Å². The molecule has 1 saturated heterocycles. The average Bonchev–Trinajstić information content (AvgIpc) is 3.11. The van der Waals surface area contributed by atoms with Gasteiger partial charge >= 0.3 is 0 Å². The highest BCUT2D eigenvalue weighted by atomic mass is 15.3. The minimum Gasteiger partial charge on any atom is -0.356 e. The number of fused-ring (bicyclic) bond motifs is 1. The quantitative estimate of drug-likeness (QED) is 0.869. The number of nitrogens with one attached hydrogen (secondary N) is 1.